The number of aromatic hydroxyl groups is 1. The van der Waals surface area contributed by atoms with Crippen molar-refractivity contribution in [2.24, 2.45) is 0 Å². The fourth-order valence-electron chi connectivity index (χ4n) is 1.40. The molecule has 0 spiro atoms. The topological polar surface area (TPSA) is 37.3 Å². The molecule has 86 valence electrons. The molecule has 0 unspecified atom stereocenters. The number of phenols is 1. The monoisotopic (exact) mass is 244 g/mol. The van der Waals surface area contributed by atoms with Crippen LogP contribution in [0.25, 0.3) is 0 Å². The van der Waals surface area contributed by atoms with E-state index in [9.17, 15) is 4.79 Å². The lowest BCUT2D eigenvalue weighted by molar-refractivity contribution is 0.108. The van der Waals surface area contributed by atoms with Gasteiger partial charge in [-0.15, -0.1) is 0 Å². The van der Waals surface area contributed by atoms with Crippen molar-refractivity contribution in [2.45, 2.75) is 5.75 Å². The SMILES string of the molecule is O=C(SCc1ccc(O)cc1)c1ccccc1. The normalized spacial score (nSPS) is 10.1. The van der Waals surface area contributed by atoms with Gasteiger partial charge in [-0.2, -0.15) is 0 Å². The Labute approximate surface area is 104 Å². The van der Waals surface area contributed by atoms with Gasteiger partial charge in [0.2, 0.25) is 5.12 Å². The van der Waals surface area contributed by atoms with Crippen LogP contribution in [0.1, 0.15) is 15.9 Å². The van der Waals surface area contributed by atoms with E-state index in [-0.39, 0.29) is 10.9 Å². The van der Waals surface area contributed by atoms with Crippen molar-refractivity contribution in [1.29, 1.82) is 0 Å². The third kappa shape index (κ3) is 3.36. The zero-order valence-corrected chi connectivity index (χ0v) is 9.98. The van der Waals surface area contributed by atoms with Gasteiger partial charge in [0.25, 0.3) is 0 Å². The Bertz CT molecular complexity index is 491. The number of benzene rings is 2. The number of hydrogen-bond donors (Lipinski definition) is 1. The van der Waals surface area contributed by atoms with Crippen molar-refractivity contribution in [3.05, 3.63) is 65.7 Å². The first kappa shape index (κ1) is 11.7. The van der Waals surface area contributed by atoms with Gasteiger partial charge < -0.3 is 5.11 Å². The summed E-state index contributed by atoms with van der Waals surface area (Å²) >= 11 is 1.27. The maximum atomic E-state index is 11.8. The van der Waals surface area contributed by atoms with Crippen molar-refractivity contribution >= 4 is 16.9 Å². The van der Waals surface area contributed by atoms with Crippen LogP contribution in [0.4, 0.5) is 0 Å². The molecule has 2 aromatic rings. The molecule has 0 bridgehead atoms. The summed E-state index contributed by atoms with van der Waals surface area (Å²) in [5.74, 6) is 0.863. The molecule has 2 rings (SSSR count). The number of hydrogen-bond acceptors (Lipinski definition) is 3. The van der Waals surface area contributed by atoms with E-state index in [0.717, 1.165) is 11.1 Å². The predicted molar refractivity (Wildman–Crippen MR) is 70.2 cm³/mol. The highest BCUT2D eigenvalue weighted by atomic mass is 32.2. The van der Waals surface area contributed by atoms with Crippen molar-refractivity contribution < 1.29 is 9.90 Å². The second-order valence-electron chi connectivity index (χ2n) is 3.61. The van der Waals surface area contributed by atoms with E-state index >= 15 is 0 Å². The highest BCUT2D eigenvalue weighted by Crippen LogP contribution is 2.19. The average Bonchev–Trinajstić information content (AvgIpc) is 2.39. The Morgan fingerprint density at radius 3 is 2.29 bits per heavy atom. The van der Waals surface area contributed by atoms with Gasteiger partial charge >= 0.3 is 0 Å². The van der Waals surface area contributed by atoms with Crippen LogP contribution in [-0.4, -0.2) is 10.2 Å². The minimum absolute atomic E-state index is 0.0682. The van der Waals surface area contributed by atoms with Crippen molar-refractivity contribution in [3.8, 4) is 5.75 Å². The Hall–Kier alpha value is -1.74. The molecular formula is C14H12O2S. The van der Waals surface area contributed by atoms with E-state index in [1.165, 1.54) is 11.8 Å². The second-order valence-corrected chi connectivity index (χ2v) is 4.56. The van der Waals surface area contributed by atoms with Crippen LogP contribution in [0.15, 0.2) is 54.6 Å². The molecule has 0 atom stereocenters. The Balaban J connectivity index is 1.95. The maximum Gasteiger partial charge on any atom is 0.219 e. The summed E-state index contributed by atoms with van der Waals surface area (Å²) in [5.41, 5.74) is 1.74. The molecule has 0 radical (unpaired) electrons. The second kappa shape index (κ2) is 5.55. The van der Waals surface area contributed by atoms with Crippen molar-refractivity contribution in [2.75, 3.05) is 0 Å². The van der Waals surface area contributed by atoms with Crippen LogP contribution < -0.4 is 0 Å². The third-order valence-corrected chi connectivity index (χ3v) is 3.29. The first-order valence-electron chi connectivity index (χ1n) is 5.26. The van der Waals surface area contributed by atoms with E-state index in [1.807, 2.05) is 42.5 Å². The maximum absolute atomic E-state index is 11.8. The van der Waals surface area contributed by atoms with E-state index in [0.29, 0.717) is 5.75 Å². The molecular weight excluding hydrogens is 232 g/mol. The van der Waals surface area contributed by atoms with Crippen LogP contribution in [0.5, 0.6) is 5.75 Å². The lowest BCUT2D eigenvalue weighted by Gasteiger charge is -2.01. The van der Waals surface area contributed by atoms with Crippen molar-refractivity contribution in [3.63, 3.8) is 0 Å². The first-order chi connectivity index (χ1) is 8.25. The zero-order chi connectivity index (χ0) is 12.1. The average molecular weight is 244 g/mol. The molecule has 2 nitrogen and oxygen atoms in total. The van der Waals surface area contributed by atoms with Crippen LogP contribution in [0.2, 0.25) is 0 Å². The summed E-state index contributed by atoms with van der Waals surface area (Å²) in [7, 11) is 0. The molecule has 3 heteroatoms. The van der Waals surface area contributed by atoms with Gasteiger partial charge in [0.05, 0.1) is 0 Å². The molecule has 0 saturated heterocycles. The standard InChI is InChI=1S/C14H12O2S/c15-13-8-6-11(7-9-13)10-17-14(16)12-4-2-1-3-5-12/h1-9,15H,10H2. The summed E-state index contributed by atoms with van der Waals surface area (Å²) < 4.78 is 0. The summed E-state index contributed by atoms with van der Waals surface area (Å²) in [6.45, 7) is 0. The van der Waals surface area contributed by atoms with E-state index in [4.69, 9.17) is 5.11 Å². The molecule has 1 N–H and O–H groups in total. The van der Waals surface area contributed by atoms with Gasteiger partial charge in [0.1, 0.15) is 5.75 Å². The number of thioether (sulfide) groups is 1. The lowest BCUT2D eigenvalue weighted by Crippen LogP contribution is -1.93. The summed E-state index contributed by atoms with van der Waals surface area (Å²) in [6.07, 6.45) is 0. The van der Waals surface area contributed by atoms with Gasteiger partial charge in [0.15, 0.2) is 0 Å². The van der Waals surface area contributed by atoms with Gasteiger partial charge in [-0.25, -0.2) is 0 Å². The first-order valence-corrected chi connectivity index (χ1v) is 6.24. The van der Waals surface area contributed by atoms with E-state index < -0.39 is 0 Å². The van der Waals surface area contributed by atoms with Crippen LogP contribution in [0, 0.1) is 0 Å². The lowest BCUT2D eigenvalue weighted by atomic mass is 10.2. The van der Waals surface area contributed by atoms with E-state index in [1.54, 1.807) is 12.1 Å². The molecule has 0 aliphatic heterocycles. The molecule has 0 aliphatic rings. The minimum atomic E-state index is 0.0682. The highest BCUT2D eigenvalue weighted by Gasteiger charge is 2.05. The molecule has 0 saturated carbocycles. The highest BCUT2D eigenvalue weighted by molar-refractivity contribution is 8.13. The smallest absolute Gasteiger partial charge is 0.219 e. The molecule has 0 aliphatic carbocycles. The van der Waals surface area contributed by atoms with Crippen LogP contribution >= 0.6 is 11.8 Å². The number of rotatable bonds is 3. The molecule has 2 aromatic carbocycles. The van der Waals surface area contributed by atoms with Gasteiger partial charge in [-0.1, -0.05) is 54.2 Å². The third-order valence-electron chi connectivity index (χ3n) is 2.32. The Morgan fingerprint density at radius 2 is 1.65 bits per heavy atom. The molecule has 0 amide bonds. The van der Waals surface area contributed by atoms with Crippen LogP contribution in [0.3, 0.4) is 0 Å². The number of phenolic OH excluding ortho intramolecular Hbond substituents is 1. The van der Waals surface area contributed by atoms with Gasteiger partial charge in [-0.3, -0.25) is 4.79 Å². The molecule has 0 fully saturated rings. The fraction of sp³-hybridized carbons (Fsp3) is 0.0714. The quantitative estimate of drug-likeness (QED) is 0.898. The molecule has 0 aromatic heterocycles. The fourth-order valence-corrected chi connectivity index (χ4v) is 2.19. The largest absolute Gasteiger partial charge is 0.508 e. The van der Waals surface area contributed by atoms with Gasteiger partial charge in [0, 0.05) is 11.3 Å². The predicted octanol–water partition coefficient (Wildman–Crippen LogP) is 3.47. The van der Waals surface area contributed by atoms with Gasteiger partial charge in [-0.05, 0) is 17.7 Å². The van der Waals surface area contributed by atoms with Crippen LogP contribution in [-0.2, 0) is 5.75 Å². The summed E-state index contributed by atoms with van der Waals surface area (Å²) in [5, 5.41) is 9.21. The summed E-state index contributed by atoms with van der Waals surface area (Å²) in [4.78, 5) is 11.8. The summed E-state index contributed by atoms with van der Waals surface area (Å²) in [6, 6.07) is 16.1. The number of carbonyl (C=O) groups excluding carboxylic acids is 1. The Morgan fingerprint density at radius 1 is 1.00 bits per heavy atom. The molecule has 17 heavy (non-hydrogen) atoms. The van der Waals surface area contributed by atoms with Crippen molar-refractivity contribution in [1.82, 2.24) is 0 Å². The van der Waals surface area contributed by atoms with E-state index in [2.05, 4.69) is 0 Å². The Kier molecular flexibility index (Phi) is 3.83. The number of carbonyl (C=O) groups is 1. The zero-order valence-electron chi connectivity index (χ0n) is 9.17. The minimum Gasteiger partial charge on any atom is -0.508 e. The molecule has 0 heterocycles.